The number of benzene rings is 2. The largest absolute Gasteiger partial charge is 0.396 e. The van der Waals surface area contributed by atoms with Crippen molar-refractivity contribution in [2.24, 2.45) is 0 Å². The first-order chi connectivity index (χ1) is 15.0. The smallest absolute Gasteiger partial charge is 0.181 e. The minimum atomic E-state index is -0.353. The molecule has 31 heavy (non-hydrogen) atoms. The van der Waals surface area contributed by atoms with Crippen molar-refractivity contribution in [3.63, 3.8) is 0 Å². The number of aliphatic hydroxyl groups excluding tert-OH is 1. The summed E-state index contributed by atoms with van der Waals surface area (Å²) in [5.41, 5.74) is 6.07. The molecule has 5 heteroatoms. The molecule has 0 bridgehead atoms. The van der Waals surface area contributed by atoms with Crippen LogP contribution in [0.3, 0.4) is 0 Å². The molecule has 2 aromatic carbocycles. The lowest BCUT2D eigenvalue weighted by molar-refractivity contribution is 0.0967. The van der Waals surface area contributed by atoms with Gasteiger partial charge in [0.1, 0.15) is 11.5 Å². The van der Waals surface area contributed by atoms with E-state index in [0.717, 1.165) is 27.6 Å². The third kappa shape index (κ3) is 3.97. The Morgan fingerprint density at radius 3 is 2.48 bits per heavy atom. The molecule has 0 atom stereocenters. The summed E-state index contributed by atoms with van der Waals surface area (Å²) in [6.07, 6.45) is 4.06. The van der Waals surface area contributed by atoms with Crippen LogP contribution in [0, 0.1) is 19.7 Å². The minimum Gasteiger partial charge on any atom is -0.396 e. The molecule has 156 valence electrons. The summed E-state index contributed by atoms with van der Waals surface area (Å²) in [4.78, 5) is 21.4. The summed E-state index contributed by atoms with van der Waals surface area (Å²) in [5.74, 6) is -0.517. The number of hydrogen-bond donors (Lipinski definition) is 1. The normalized spacial score (nSPS) is 11.1. The Labute approximate surface area is 180 Å². The van der Waals surface area contributed by atoms with Crippen molar-refractivity contribution in [3.8, 4) is 22.3 Å². The molecule has 1 N–H and O–H groups in total. The van der Waals surface area contributed by atoms with Crippen LogP contribution in [-0.2, 0) is 0 Å². The van der Waals surface area contributed by atoms with E-state index < -0.39 is 0 Å². The van der Waals surface area contributed by atoms with Crippen molar-refractivity contribution in [2.45, 2.75) is 26.7 Å². The first-order valence-electron chi connectivity index (χ1n) is 10.3. The summed E-state index contributed by atoms with van der Waals surface area (Å²) in [6.45, 7) is 3.95. The number of carbonyl (C=O) groups is 1. The molecule has 4 rings (SSSR count). The molecule has 0 aliphatic rings. The van der Waals surface area contributed by atoms with Gasteiger partial charge >= 0.3 is 0 Å². The number of rotatable bonds is 6. The number of nitrogens with zero attached hydrogens (tertiary/aromatic N) is 2. The van der Waals surface area contributed by atoms with E-state index in [0.29, 0.717) is 23.1 Å². The Balaban J connectivity index is 2.05. The SMILES string of the molecule is Cc1cc2nc(C(=O)CCCO)cc(-c3ccccc3F)c2c(C)c1-c1ccncc1. The molecule has 0 aliphatic heterocycles. The van der Waals surface area contributed by atoms with Crippen molar-refractivity contribution in [1.29, 1.82) is 0 Å². The van der Waals surface area contributed by atoms with E-state index >= 15 is 0 Å². The summed E-state index contributed by atoms with van der Waals surface area (Å²) in [6, 6.07) is 14.1. The Morgan fingerprint density at radius 2 is 1.77 bits per heavy atom. The second kappa shape index (κ2) is 8.74. The van der Waals surface area contributed by atoms with Crippen LogP contribution in [0.1, 0.15) is 34.5 Å². The molecule has 0 saturated carbocycles. The van der Waals surface area contributed by atoms with E-state index in [-0.39, 0.29) is 30.3 Å². The second-order valence-electron chi connectivity index (χ2n) is 7.61. The summed E-state index contributed by atoms with van der Waals surface area (Å²) >= 11 is 0. The Bertz CT molecular complexity index is 1270. The van der Waals surface area contributed by atoms with Crippen LogP contribution >= 0.6 is 0 Å². The van der Waals surface area contributed by atoms with Crippen LogP contribution < -0.4 is 0 Å². The molecule has 0 radical (unpaired) electrons. The number of aliphatic hydroxyl groups is 1. The topological polar surface area (TPSA) is 63.1 Å². The zero-order valence-electron chi connectivity index (χ0n) is 17.5. The van der Waals surface area contributed by atoms with E-state index in [1.807, 2.05) is 32.0 Å². The van der Waals surface area contributed by atoms with Crippen LogP contribution in [0.15, 0.2) is 60.9 Å². The summed E-state index contributed by atoms with van der Waals surface area (Å²) in [7, 11) is 0. The molecule has 0 aliphatic carbocycles. The molecule has 0 saturated heterocycles. The third-order valence-electron chi connectivity index (χ3n) is 5.53. The fourth-order valence-electron chi connectivity index (χ4n) is 4.13. The predicted molar refractivity (Wildman–Crippen MR) is 120 cm³/mol. The molecule has 0 amide bonds. The second-order valence-corrected chi connectivity index (χ2v) is 7.61. The zero-order chi connectivity index (χ0) is 22.0. The van der Waals surface area contributed by atoms with Gasteiger partial charge in [0.05, 0.1) is 5.52 Å². The monoisotopic (exact) mass is 414 g/mol. The van der Waals surface area contributed by atoms with Gasteiger partial charge in [-0.2, -0.15) is 0 Å². The number of carbonyl (C=O) groups excluding carboxylic acids is 1. The summed E-state index contributed by atoms with van der Waals surface area (Å²) < 4.78 is 14.8. The number of fused-ring (bicyclic) bond motifs is 1. The fourth-order valence-corrected chi connectivity index (χ4v) is 4.13. The number of Topliss-reactive ketones (excluding diaryl/α,β-unsaturated/α-hetero) is 1. The van der Waals surface area contributed by atoms with Crippen LogP contribution in [0.25, 0.3) is 33.2 Å². The molecule has 0 spiro atoms. The van der Waals surface area contributed by atoms with Gasteiger partial charge in [0.2, 0.25) is 0 Å². The van der Waals surface area contributed by atoms with Gasteiger partial charge in [-0.15, -0.1) is 0 Å². The molecule has 4 nitrogen and oxygen atoms in total. The fraction of sp³-hybridized carbons (Fsp3) is 0.192. The standard InChI is InChI=1S/C26H23FN2O2/c1-16-14-23-26(17(2)25(16)18-9-11-28-12-10-18)20(19-6-3-4-7-21(19)27)15-22(29-23)24(31)8-5-13-30/h3-4,6-7,9-12,14-15,30H,5,8,13H2,1-2H3. The van der Waals surface area contributed by atoms with Gasteiger partial charge in [-0.1, -0.05) is 18.2 Å². The van der Waals surface area contributed by atoms with Gasteiger partial charge in [0.25, 0.3) is 0 Å². The van der Waals surface area contributed by atoms with Crippen LogP contribution in [0.4, 0.5) is 4.39 Å². The zero-order valence-corrected chi connectivity index (χ0v) is 17.5. The molecular weight excluding hydrogens is 391 g/mol. The molecular formula is C26H23FN2O2. The first kappa shape index (κ1) is 20.8. The maximum absolute atomic E-state index is 14.8. The highest BCUT2D eigenvalue weighted by molar-refractivity contribution is 6.05. The molecule has 2 heterocycles. The maximum Gasteiger partial charge on any atom is 0.181 e. The first-order valence-corrected chi connectivity index (χ1v) is 10.3. The predicted octanol–water partition coefficient (Wildman–Crippen LogP) is 5.67. The van der Waals surface area contributed by atoms with Crippen molar-refractivity contribution in [1.82, 2.24) is 9.97 Å². The van der Waals surface area contributed by atoms with E-state index in [9.17, 15) is 9.18 Å². The van der Waals surface area contributed by atoms with E-state index in [1.54, 1.807) is 36.7 Å². The number of ketones is 1. The van der Waals surface area contributed by atoms with Gasteiger partial charge < -0.3 is 5.11 Å². The van der Waals surface area contributed by atoms with Crippen LogP contribution in [0.2, 0.25) is 0 Å². The van der Waals surface area contributed by atoms with Crippen LogP contribution in [-0.4, -0.2) is 27.5 Å². The lowest BCUT2D eigenvalue weighted by Crippen LogP contribution is -2.06. The highest BCUT2D eigenvalue weighted by Crippen LogP contribution is 2.38. The summed E-state index contributed by atoms with van der Waals surface area (Å²) in [5, 5.41) is 9.91. The molecule has 2 aromatic heterocycles. The Kier molecular flexibility index (Phi) is 5.87. The maximum atomic E-state index is 14.8. The Morgan fingerprint density at radius 1 is 1.03 bits per heavy atom. The van der Waals surface area contributed by atoms with Crippen molar-refractivity contribution < 1.29 is 14.3 Å². The van der Waals surface area contributed by atoms with Gasteiger partial charge in [-0.25, -0.2) is 9.37 Å². The Hall–Kier alpha value is -3.44. The van der Waals surface area contributed by atoms with Gasteiger partial charge in [-0.05, 0) is 78.4 Å². The number of aryl methyl sites for hydroxylation is 2. The number of halogens is 1. The lowest BCUT2D eigenvalue weighted by atomic mass is 9.88. The quantitative estimate of drug-likeness (QED) is 0.413. The molecule has 4 aromatic rings. The number of pyridine rings is 2. The molecule has 0 unspecified atom stereocenters. The van der Waals surface area contributed by atoms with Gasteiger partial charge in [-0.3, -0.25) is 9.78 Å². The van der Waals surface area contributed by atoms with Crippen LogP contribution in [0.5, 0.6) is 0 Å². The average molecular weight is 414 g/mol. The van der Waals surface area contributed by atoms with Gasteiger partial charge in [0, 0.05) is 36.4 Å². The van der Waals surface area contributed by atoms with Crippen molar-refractivity contribution in [3.05, 3.63) is 83.6 Å². The number of hydrogen-bond acceptors (Lipinski definition) is 4. The highest BCUT2D eigenvalue weighted by Gasteiger charge is 2.19. The average Bonchev–Trinajstić information content (AvgIpc) is 2.77. The van der Waals surface area contributed by atoms with E-state index in [4.69, 9.17) is 5.11 Å². The van der Waals surface area contributed by atoms with Crippen molar-refractivity contribution >= 4 is 16.7 Å². The molecule has 0 fully saturated rings. The van der Waals surface area contributed by atoms with E-state index in [1.165, 1.54) is 6.07 Å². The lowest BCUT2D eigenvalue weighted by Gasteiger charge is -2.17. The van der Waals surface area contributed by atoms with Crippen molar-refractivity contribution in [2.75, 3.05) is 6.61 Å². The van der Waals surface area contributed by atoms with Gasteiger partial charge in [0.15, 0.2) is 5.78 Å². The van der Waals surface area contributed by atoms with E-state index in [2.05, 4.69) is 9.97 Å². The minimum absolute atomic E-state index is 0.0625. The third-order valence-corrected chi connectivity index (χ3v) is 5.53. The highest BCUT2D eigenvalue weighted by atomic mass is 19.1. The number of aromatic nitrogens is 2.